The number of rotatable bonds is 5. The summed E-state index contributed by atoms with van der Waals surface area (Å²) in [6, 6.07) is 6.47. The maximum Gasteiger partial charge on any atom is 0.313 e. The van der Waals surface area contributed by atoms with Gasteiger partial charge in [0.1, 0.15) is 18.0 Å². The summed E-state index contributed by atoms with van der Waals surface area (Å²) in [5.74, 6) is 7.44. The van der Waals surface area contributed by atoms with Crippen LogP contribution in [0.25, 0.3) is 0 Å². The van der Waals surface area contributed by atoms with Crippen molar-refractivity contribution in [3.8, 4) is 17.6 Å². The highest BCUT2D eigenvalue weighted by molar-refractivity contribution is 5.71. The second-order valence-electron chi connectivity index (χ2n) is 7.44. The summed E-state index contributed by atoms with van der Waals surface area (Å²) in [5.41, 5.74) is 3.26. The van der Waals surface area contributed by atoms with Gasteiger partial charge in [0.15, 0.2) is 6.10 Å². The van der Waals surface area contributed by atoms with Crippen LogP contribution < -0.4 is 4.74 Å². The van der Waals surface area contributed by atoms with E-state index in [2.05, 4.69) is 60.8 Å². The first-order valence-electron chi connectivity index (χ1n) is 10.3. The Hall–Kier alpha value is -2.87. The Kier molecular flexibility index (Phi) is 6.53. The lowest BCUT2D eigenvalue weighted by Crippen LogP contribution is -2.37. The van der Waals surface area contributed by atoms with Gasteiger partial charge in [0.2, 0.25) is 0 Å². The Bertz CT molecular complexity index is 921. The van der Waals surface area contributed by atoms with Gasteiger partial charge >= 0.3 is 5.97 Å². The normalized spacial score (nSPS) is 16.8. The summed E-state index contributed by atoms with van der Waals surface area (Å²) < 4.78 is 11.1. The molecule has 1 aliphatic heterocycles. The molecular formula is C24H28N2O3. The summed E-state index contributed by atoms with van der Waals surface area (Å²) in [4.78, 5) is 20.0. The Morgan fingerprint density at radius 3 is 2.62 bits per heavy atom. The van der Waals surface area contributed by atoms with Crippen LogP contribution in [0.1, 0.15) is 62.5 Å². The molecule has 0 spiro atoms. The number of hydrogen-bond donors (Lipinski definition) is 0. The first-order valence-corrected chi connectivity index (χ1v) is 10.3. The lowest BCUT2D eigenvalue weighted by atomic mass is 9.70. The van der Waals surface area contributed by atoms with Gasteiger partial charge in [-0.2, -0.15) is 0 Å². The van der Waals surface area contributed by atoms with E-state index in [0.29, 0.717) is 18.0 Å². The zero-order valence-corrected chi connectivity index (χ0v) is 17.6. The van der Waals surface area contributed by atoms with Crippen LogP contribution in [-0.2, 0) is 21.4 Å². The predicted octanol–water partition coefficient (Wildman–Crippen LogP) is 4.15. The van der Waals surface area contributed by atoms with E-state index < -0.39 is 0 Å². The smallest absolute Gasteiger partial charge is 0.313 e. The average molecular weight is 392 g/mol. The van der Waals surface area contributed by atoms with Crippen LogP contribution in [0.5, 0.6) is 5.75 Å². The van der Waals surface area contributed by atoms with E-state index in [1.54, 1.807) is 19.3 Å². The fraction of sp³-hybridized carbons (Fsp3) is 0.458. The number of hydrogen-bond acceptors (Lipinski definition) is 5. The largest absolute Gasteiger partial charge is 0.477 e. The maximum absolute atomic E-state index is 11.5. The number of aromatic nitrogens is 2. The van der Waals surface area contributed by atoms with Gasteiger partial charge in [0, 0.05) is 29.8 Å². The quantitative estimate of drug-likeness (QED) is 0.565. The topological polar surface area (TPSA) is 61.3 Å². The highest BCUT2D eigenvalue weighted by Crippen LogP contribution is 2.45. The third-order valence-electron chi connectivity index (χ3n) is 5.60. The zero-order chi connectivity index (χ0) is 20.9. The van der Waals surface area contributed by atoms with Gasteiger partial charge in [0.05, 0.1) is 12.2 Å². The van der Waals surface area contributed by atoms with Crippen LogP contribution in [0.15, 0.2) is 30.6 Å². The van der Waals surface area contributed by atoms with Crippen molar-refractivity contribution in [1.29, 1.82) is 0 Å². The van der Waals surface area contributed by atoms with Crippen LogP contribution in [-0.4, -0.2) is 28.6 Å². The minimum Gasteiger partial charge on any atom is -0.477 e. The number of benzene rings is 1. The Morgan fingerprint density at radius 2 is 1.97 bits per heavy atom. The molecule has 29 heavy (non-hydrogen) atoms. The van der Waals surface area contributed by atoms with E-state index in [1.165, 1.54) is 11.1 Å². The number of carbonyl (C=O) groups is 1. The van der Waals surface area contributed by atoms with Gasteiger partial charge in [-0.15, -0.1) is 0 Å². The minimum absolute atomic E-state index is 0.0684. The molecule has 1 aromatic carbocycles. The molecule has 1 aromatic heterocycles. The summed E-state index contributed by atoms with van der Waals surface area (Å²) in [5, 5.41) is 0. The van der Waals surface area contributed by atoms with Gasteiger partial charge in [-0.3, -0.25) is 4.79 Å². The van der Waals surface area contributed by atoms with Crippen molar-refractivity contribution < 1.29 is 14.3 Å². The highest BCUT2D eigenvalue weighted by atomic mass is 16.5. The fourth-order valence-corrected chi connectivity index (χ4v) is 3.84. The Morgan fingerprint density at radius 1 is 1.24 bits per heavy atom. The van der Waals surface area contributed by atoms with Crippen LogP contribution in [0.3, 0.4) is 0 Å². The lowest BCUT2D eigenvalue weighted by molar-refractivity contribution is -0.142. The SMILES string of the molecule is CCOC(=O)Cc1ncc(C#CC2CC(CC)(CC)c3ccc(C)cc3O2)cn1. The van der Waals surface area contributed by atoms with E-state index >= 15 is 0 Å². The third kappa shape index (κ3) is 4.76. The van der Waals surface area contributed by atoms with Crippen molar-refractivity contribution >= 4 is 5.97 Å². The monoisotopic (exact) mass is 392 g/mol. The van der Waals surface area contributed by atoms with E-state index in [4.69, 9.17) is 9.47 Å². The number of nitrogens with zero attached hydrogens (tertiary/aromatic N) is 2. The molecule has 0 amide bonds. The third-order valence-corrected chi connectivity index (χ3v) is 5.60. The highest BCUT2D eigenvalue weighted by Gasteiger charge is 2.38. The van der Waals surface area contributed by atoms with Crippen molar-refractivity contribution in [2.45, 2.75) is 64.9 Å². The molecule has 1 atom stereocenters. The van der Waals surface area contributed by atoms with Crippen LogP contribution in [0, 0.1) is 18.8 Å². The van der Waals surface area contributed by atoms with Crippen molar-refractivity contribution in [3.63, 3.8) is 0 Å². The van der Waals surface area contributed by atoms with Crippen molar-refractivity contribution in [1.82, 2.24) is 9.97 Å². The van der Waals surface area contributed by atoms with Crippen molar-refractivity contribution in [3.05, 3.63) is 53.1 Å². The molecule has 0 saturated heterocycles. The molecule has 3 rings (SSSR count). The maximum atomic E-state index is 11.5. The molecule has 2 aromatic rings. The standard InChI is InChI=1S/C24H28N2O3/c1-5-24(6-2)14-19(29-21-12-17(4)8-11-20(21)24)10-9-18-15-25-22(26-16-18)13-23(27)28-7-3/h8,11-12,15-16,19H,5-7,13-14H2,1-4H3. The van der Waals surface area contributed by atoms with Crippen LogP contribution in [0.2, 0.25) is 0 Å². The van der Waals surface area contributed by atoms with Gasteiger partial charge in [-0.1, -0.05) is 37.8 Å². The molecule has 2 heterocycles. The first-order chi connectivity index (χ1) is 14.0. The first kappa shape index (κ1) is 20.9. The molecule has 1 aliphatic rings. The van der Waals surface area contributed by atoms with E-state index in [-0.39, 0.29) is 23.9 Å². The molecular weight excluding hydrogens is 364 g/mol. The molecule has 5 nitrogen and oxygen atoms in total. The molecule has 0 radical (unpaired) electrons. The number of ether oxygens (including phenoxy) is 2. The van der Waals surface area contributed by atoms with E-state index in [0.717, 1.165) is 25.0 Å². The summed E-state index contributed by atoms with van der Waals surface area (Å²) >= 11 is 0. The molecule has 152 valence electrons. The van der Waals surface area contributed by atoms with Crippen molar-refractivity contribution in [2.75, 3.05) is 6.61 Å². The van der Waals surface area contributed by atoms with Gasteiger partial charge in [0.25, 0.3) is 0 Å². The number of esters is 1. The number of carbonyl (C=O) groups excluding carboxylic acids is 1. The van der Waals surface area contributed by atoms with Crippen LogP contribution >= 0.6 is 0 Å². The minimum atomic E-state index is -0.327. The average Bonchev–Trinajstić information content (AvgIpc) is 2.72. The van der Waals surface area contributed by atoms with Crippen LogP contribution in [0.4, 0.5) is 0 Å². The number of aryl methyl sites for hydroxylation is 1. The molecule has 1 unspecified atom stereocenters. The van der Waals surface area contributed by atoms with E-state index in [1.807, 2.05) is 0 Å². The second-order valence-corrected chi connectivity index (χ2v) is 7.44. The van der Waals surface area contributed by atoms with Gasteiger partial charge in [-0.05, 0) is 38.3 Å². The lowest BCUT2D eigenvalue weighted by Gasteiger charge is -2.40. The fourth-order valence-electron chi connectivity index (χ4n) is 3.84. The summed E-state index contributed by atoms with van der Waals surface area (Å²) in [7, 11) is 0. The zero-order valence-electron chi connectivity index (χ0n) is 17.6. The Labute approximate surface area is 172 Å². The molecule has 5 heteroatoms. The summed E-state index contributed by atoms with van der Waals surface area (Å²) in [6.07, 6.45) is 6.14. The van der Waals surface area contributed by atoms with Crippen molar-refractivity contribution in [2.24, 2.45) is 0 Å². The Balaban J connectivity index is 1.78. The van der Waals surface area contributed by atoms with Gasteiger partial charge < -0.3 is 9.47 Å². The summed E-state index contributed by atoms with van der Waals surface area (Å²) in [6.45, 7) is 8.67. The van der Waals surface area contributed by atoms with E-state index in [9.17, 15) is 4.79 Å². The van der Waals surface area contributed by atoms with Gasteiger partial charge in [-0.25, -0.2) is 9.97 Å². The second kappa shape index (κ2) is 9.09. The molecule has 0 N–H and O–H groups in total. The molecule has 0 aliphatic carbocycles. The molecule has 0 bridgehead atoms. The number of fused-ring (bicyclic) bond motifs is 1. The predicted molar refractivity (Wildman–Crippen MR) is 112 cm³/mol. The molecule has 0 saturated carbocycles. The molecule has 0 fully saturated rings.